The predicted octanol–water partition coefficient (Wildman–Crippen LogP) is 0.513. The second-order valence-corrected chi connectivity index (χ2v) is 11.7. The van der Waals surface area contributed by atoms with Crippen LogP contribution < -0.4 is 16.0 Å². The van der Waals surface area contributed by atoms with Gasteiger partial charge in [0, 0.05) is 39.2 Å². The van der Waals surface area contributed by atoms with E-state index in [0.717, 1.165) is 6.42 Å². The number of sulfonamides is 1. The molecule has 0 radical (unpaired) electrons. The van der Waals surface area contributed by atoms with Crippen molar-refractivity contribution in [2.75, 3.05) is 43.2 Å². The Morgan fingerprint density at radius 2 is 2.09 bits per heavy atom. The number of aromatic nitrogens is 2. The molecule has 2 amide bonds. The van der Waals surface area contributed by atoms with Gasteiger partial charge in [0.25, 0.3) is 11.8 Å². The van der Waals surface area contributed by atoms with Crippen LogP contribution in [0.4, 0.5) is 11.4 Å². The summed E-state index contributed by atoms with van der Waals surface area (Å²) in [5.41, 5.74) is 7.88. The summed E-state index contributed by atoms with van der Waals surface area (Å²) in [5, 5.41) is 7.88. The van der Waals surface area contributed by atoms with Crippen LogP contribution in [-0.2, 0) is 19.6 Å². The monoisotopic (exact) mass is 490 g/mol. The van der Waals surface area contributed by atoms with Crippen molar-refractivity contribution in [2.24, 2.45) is 23.5 Å². The molecule has 0 bridgehead atoms. The lowest BCUT2D eigenvalue weighted by Gasteiger charge is -2.25. The van der Waals surface area contributed by atoms with Gasteiger partial charge in [0.05, 0.1) is 41.1 Å². The molecule has 2 aliphatic heterocycles. The molecular formula is C22H30N6O5S. The number of carbonyl (C=O) groups is 2. The van der Waals surface area contributed by atoms with E-state index in [1.165, 1.54) is 19.6 Å². The molecule has 2 aromatic heterocycles. The molecule has 5 atom stereocenters. The summed E-state index contributed by atoms with van der Waals surface area (Å²) in [6, 6.07) is 1.88. The van der Waals surface area contributed by atoms with E-state index in [1.54, 1.807) is 19.9 Å². The number of amides is 2. The molecule has 34 heavy (non-hydrogen) atoms. The van der Waals surface area contributed by atoms with Crippen molar-refractivity contribution in [1.82, 2.24) is 13.9 Å². The van der Waals surface area contributed by atoms with E-state index in [1.807, 2.05) is 6.07 Å². The van der Waals surface area contributed by atoms with Crippen molar-refractivity contribution in [3.63, 3.8) is 0 Å². The van der Waals surface area contributed by atoms with Gasteiger partial charge < -0.3 is 20.7 Å². The topological polar surface area (TPSA) is 139 Å². The third-order valence-corrected chi connectivity index (χ3v) is 9.00. The van der Waals surface area contributed by atoms with Crippen LogP contribution in [0, 0.1) is 17.8 Å². The highest BCUT2D eigenvalue weighted by Gasteiger charge is 2.48. The van der Waals surface area contributed by atoms with Crippen LogP contribution in [0.2, 0.25) is 0 Å². The Bertz CT molecular complexity index is 1260. The summed E-state index contributed by atoms with van der Waals surface area (Å²) in [4.78, 5) is 26.6. The number of methoxy groups -OCH3 is 1. The molecule has 0 spiro atoms. The SMILES string of the molecule is CO[C@H]1CCN(c2cc3c(N[C@@H]4C[C@@H]5CN(S(C)(=O)=O)C[C@@H]5[C@H]4C)c(C(N)=O)cnn3c2)C1=O. The Morgan fingerprint density at radius 1 is 1.32 bits per heavy atom. The molecule has 184 valence electrons. The average molecular weight is 491 g/mol. The summed E-state index contributed by atoms with van der Waals surface area (Å²) < 4.78 is 32.5. The van der Waals surface area contributed by atoms with Crippen molar-refractivity contribution in [3.05, 3.63) is 24.0 Å². The zero-order valence-electron chi connectivity index (χ0n) is 19.5. The van der Waals surface area contributed by atoms with Crippen LogP contribution in [0.5, 0.6) is 0 Å². The fraction of sp³-hybridized carbons (Fsp3) is 0.591. The summed E-state index contributed by atoms with van der Waals surface area (Å²) >= 11 is 0. The molecule has 3 fully saturated rings. The molecule has 4 heterocycles. The van der Waals surface area contributed by atoms with Crippen molar-refractivity contribution in [2.45, 2.75) is 31.9 Å². The van der Waals surface area contributed by atoms with Crippen molar-refractivity contribution >= 4 is 38.7 Å². The Morgan fingerprint density at radius 3 is 2.71 bits per heavy atom. The maximum atomic E-state index is 12.6. The normalized spacial score (nSPS) is 29.8. The molecule has 0 unspecified atom stereocenters. The first-order valence-electron chi connectivity index (χ1n) is 11.5. The number of hydrogen-bond acceptors (Lipinski definition) is 7. The molecule has 2 aromatic rings. The molecule has 11 nitrogen and oxygen atoms in total. The maximum Gasteiger partial charge on any atom is 0.256 e. The number of nitrogens with two attached hydrogens (primary N) is 1. The number of nitrogens with one attached hydrogen (secondary N) is 1. The first kappa shape index (κ1) is 23.1. The van der Waals surface area contributed by atoms with Gasteiger partial charge in [-0.25, -0.2) is 17.2 Å². The van der Waals surface area contributed by atoms with Gasteiger partial charge in [-0.3, -0.25) is 9.59 Å². The van der Waals surface area contributed by atoms with Crippen molar-refractivity contribution < 1.29 is 22.7 Å². The number of ether oxygens (including phenoxy) is 1. The average Bonchev–Trinajstić information content (AvgIpc) is 3.51. The largest absolute Gasteiger partial charge is 0.380 e. The highest BCUT2D eigenvalue weighted by molar-refractivity contribution is 7.88. The van der Waals surface area contributed by atoms with Crippen LogP contribution >= 0.6 is 0 Å². The first-order chi connectivity index (χ1) is 16.1. The lowest BCUT2D eigenvalue weighted by Crippen LogP contribution is -2.33. The van der Waals surface area contributed by atoms with E-state index < -0.39 is 22.0 Å². The number of carbonyl (C=O) groups excluding carboxylic acids is 2. The van der Waals surface area contributed by atoms with Gasteiger partial charge >= 0.3 is 0 Å². The minimum Gasteiger partial charge on any atom is -0.380 e. The van der Waals surface area contributed by atoms with E-state index in [-0.39, 0.29) is 35.3 Å². The number of fused-ring (bicyclic) bond motifs is 2. The molecule has 3 aliphatic rings. The molecule has 3 N–H and O–H groups in total. The second-order valence-electron chi connectivity index (χ2n) is 9.68. The van der Waals surface area contributed by atoms with E-state index in [9.17, 15) is 18.0 Å². The van der Waals surface area contributed by atoms with Crippen LogP contribution in [0.25, 0.3) is 5.52 Å². The number of anilines is 2. The maximum absolute atomic E-state index is 12.6. The predicted molar refractivity (Wildman–Crippen MR) is 126 cm³/mol. The summed E-state index contributed by atoms with van der Waals surface area (Å²) in [6.45, 7) is 3.70. The van der Waals surface area contributed by atoms with E-state index in [0.29, 0.717) is 42.9 Å². The second kappa shape index (κ2) is 8.21. The van der Waals surface area contributed by atoms with Gasteiger partial charge in [0.1, 0.15) is 6.10 Å². The van der Waals surface area contributed by atoms with E-state index in [2.05, 4.69) is 17.3 Å². The van der Waals surface area contributed by atoms with Gasteiger partial charge in [0.2, 0.25) is 10.0 Å². The molecular weight excluding hydrogens is 460 g/mol. The van der Waals surface area contributed by atoms with Crippen LogP contribution in [0.3, 0.4) is 0 Å². The highest BCUT2D eigenvalue weighted by atomic mass is 32.2. The Kier molecular flexibility index (Phi) is 5.57. The molecule has 2 saturated heterocycles. The van der Waals surface area contributed by atoms with Crippen LogP contribution in [0.15, 0.2) is 18.5 Å². The standard InChI is InChI=1S/C22H30N6O5S/c1-12-16-11-26(34(3,31)32)9-13(16)6-17(12)25-20-15(21(23)29)8-24-28-10-14(7-18(20)28)27-5-4-19(33-2)22(27)30/h7-8,10,12-13,16-17,19,25H,4-6,9,11H2,1-3H3,(H2,23,29)/t12-,13-,16-,17-,19+/m1/s1. The van der Waals surface area contributed by atoms with Crippen LogP contribution in [0.1, 0.15) is 30.1 Å². The van der Waals surface area contributed by atoms with Crippen molar-refractivity contribution in [3.8, 4) is 0 Å². The lowest BCUT2D eigenvalue weighted by molar-refractivity contribution is -0.125. The fourth-order valence-corrected chi connectivity index (χ4v) is 6.75. The first-order valence-corrected chi connectivity index (χ1v) is 13.3. The van der Waals surface area contributed by atoms with Gasteiger partial charge in [-0.2, -0.15) is 5.10 Å². The highest BCUT2D eigenvalue weighted by Crippen LogP contribution is 2.44. The Balaban J connectivity index is 1.45. The zero-order valence-corrected chi connectivity index (χ0v) is 20.3. The lowest BCUT2D eigenvalue weighted by atomic mass is 9.93. The minimum absolute atomic E-state index is 0.0469. The Labute approximate surface area is 198 Å². The number of rotatable bonds is 6. The van der Waals surface area contributed by atoms with E-state index in [4.69, 9.17) is 10.5 Å². The van der Waals surface area contributed by atoms with Gasteiger partial charge in [-0.05, 0) is 30.2 Å². The summed E-state index contributed by atoms with van der Waals surface area (Å²) in [5.74, 6) is 0.00908. The number of primary amides is 1. The fourth-order valence-electron chi connectivity index (χ4n) is 5.84. The third-order valence-electron chi connectivity index (χ3n) is 7.76. The summed E-state index contributed by atoms with van der Waals surface area (Å²) in [6.07, 6.45) is 5.40. The third kappa shape index (κ3) is 3.73. The van der Waals surface area contributed by atoms with Gasteiger partial charge in [-0.1, -0.05) is 6.92 Å². The number of nitrogens with zero attached hydrogens (tertiary/aromatic N) is 4. The van der Waals surface area contributed by atoms with Gasteiger partial charge in [0.15, 0.2) is 0 Å². The smallest absolute Gasteiger partial charge is 0.256 e. The quantitative estimate of drug-likeness (QED) is 0.601. The van der Waals surface area contributed by atoms with E-state index >= 15 is 0 Å². The molecule has 0 aromatic carbocycles. The molecule has 5 rings (SSSR count). The molecule has 12 heteroatoms. The Hall–Kier alpha value is -2.70. The number of hydrogen-bond donors (Lipinski definition) is 2. The zero-order chi connectivity index (χ0) is 24.4. The van der Waals surface area contributed by atoms with Crippen LogP contribution in [-0.4, -0.2) is 79.3 Å². The molecule has 1 aliphatic carbocycles. The summed E-state index contributed by atoms with van der Waals surface area (Å²) in [7, 11) is -1.68. The van der Waals surface area contributed by atoms with Gasteiger partial charge in [-0.15, -0.1) is 0 Å². The molecule has 1 saturated carbocycles. The minimum atomic E-state index is -3.21. The van der Waals surface area contributed by atoms with Crippen molar-refractivity contribution in [1.29, 1.82) is 0 Å².